The molecular weight excluding hydrogens is 380 g/mol. The number of carbonyl (C=O) groups excluding carboxylic acids is 1. The number of benzene rings is 1. The smallest absolute Gasteiger partial charge is 0.222 e. The molecule has 130 valence electrons. The van der Waals surface area contributed by atoms with Crippen LogP contribution >= 0.6 is 28.3 Å². The topological polar surface area (TPSA) is 41.6 Å². The molecule has 0 unspecified atom stereocenters. The van der Waals surface area contributed by atoms with Crippen molar-refractivity contribution in [3.63, 3.8) is 0 Å². The monoisotopic (exact) mass is 404 g/mol. The minimum atomic E-state index is 0. The highest BCUT2D eigenvalue weighted by Crippen LogP contribution is 2.17. The van der Waals surface area contributed by atoms with Gasteiger partial charge in [-0.15, -0.1) is 12.4 Å². The fraction of sp³-hybridized carbons (Fsp3) is 0.588. The Balaban J connectivity index is 0.00000264. The van der Waals surface area contributed by atoms with E-state index in [0.717, 1.165) is 49.0 Å². The van der Waals surface area contributed by atoms with Crippen LogP contribution in [0.1, 0.15) is 32.1 Å². The maximum Gasteiger partial charge on any atom is 0.222 e. The number of ether oxygens (including phenoxy) is 1. The third kappa shape index (κ3) is 7.10. The number of unbranched alkanes of at least 4 members (excludes halogenated alkanes) is 1. The molecule has 1 aromatic carbocycles. The van der Waals surface area contributed by atoms with E-state index >= 15 is 0 Å². The van der Waals surface area contributed by atoms with E-state index in [1.807, 2.05) is 36.2 Å². The van der Waals surface area contributed by atoms with Crippen LogP contribution in [0.2, 0.25) is 0 Å². The van der Waals surface area contributed by atoms with Crippen molar-refractivity contribution in [2.75, 3.05) is 26.7 Å². The molecule has 23 heavy (non-hydrogen) atoms. The first-order valence-corrected chi connectivity index (χ1v) is 8.81. The Hall–Kier alpha value is -0.780. The molecule has 1 saturated heterocycles. The van der Waals surface area contributed by atoms with Gasteiger partial charge in [0, 0.05) is 24.0 Å². The van der Waals surface area contributed by atoms with Gasteiger partial charge in [-0.3, -0.25) is 4.79 Å². The first-order valence-electron chi connectivity index (χ1n) is 8.01. The molecule has 0 radical (unpaired) electrons. The number of nitrogens with zero attached hydrogens (tertiary/aromatic N) is 1. The summed E-state index contributed by atoms with van der Waals surface area (Å²) in [7, 11) is 1.94. The van der Waals surface area contributed by atoms with Crippen LogP contribution in [0.3, 0.4) is 0 Å². The standard InChI is InChI=1S/C17H25BrN2O2.ClH/c1-20(15-9-11-19-12-10-15)17(21)4-2-3-13-22-16-7-5-14(18)6-8-16;/h5-8,15,19H,2-4,9-13H2,1H3;1H. The van der Waals surface area contributed by atoms with Crippen LogP contribution in [-0.4, -0.2) is 43.6 Å². The molecule has 0 aliphatic carbocycles. The molecule has 0 aromatic heterocycles. The Labute approximate surface area is 153 Å². The summed E-state index contributed by atoms with van der Waals surface area (Å²) in [5.74, 6) is 1.14. The van der Waals surface area contributed by atoms with E-state index in [1.54, 1.807) is 0 Å². The van der Waals surface area contributed by atoms with Crippen LogP contribution in [0.5, 0.6) is 5.75 Å². The van der Waals surface area contributed by atoms with E-state index in [0.29, 0.717) is 19.1 Å². The molecular formula is C17H26BrClN2O2. The molecule has 1 aromatic rings. The third-order valence-electron chi connectivity index (χ3n) is 4.12. The Morgan fingerprint density at radius 1 is 1.26 bits per heavy atom. The highest BCUT2D eigenvalue weighted by atomic mass is 79.9. The van der Waals surface area contributed by atoms with Crippen LogP contribution in [0.25, 0.3) is 0 Å². The molecule has 0 spiro atoms. The van der Waals surface area contributed by atoms with Gasteiger partial charge in [-0.05, 0) is 63.0 Å². The second kappa shape index (κ2) is 10.9. The average molecular weight is 406 g/mol. The van der Waals surface area contributed by atoms with Crippen LogP contribution in [0, 0.1) is 0 Å². The second-order valence-corrected chi connectivity index (χ2v) is 6.66. The molecule has 0 bridgehead atoms. The third-order valence-corrected chi connectivity index (χ3v) is 4.65. The van der Waals surface area contributed by atoms with Crippen molar-refractivity contribution in [1.29, 1.82) is 0 Å². The zero-order valence-corrected chi connectivity index (χ0v) is 16.0. The van der Waals surface area contributed by atoms with Gasteiger partial charge in [0.25, 0.3) is 0 Å². The van der Waals surface area contributed by atoms with Crippen LogP contribution < -0.4 is 10.1 Å². The molecule has 1 heterocycles. The van der Waals surface area contributed by atoms with Crippen molar-refractivity contribution in [2.24, 2.45) is 0 Å². The number of piperidine rings is 1. The molecule has 1 fully saturated rings. The van der Waals surface area contributed by atoms with Crippen molar-refractivity contribution in [3.8, 4) is 5.75 Å². The average Bonchev–Trinajstić information content (AvgIpc) is 2.56. The number of amides is 1. The lowest BCUT2D eigenvalue weighted by Crippen LogP contribution is -2.43. The Morgan fingerprint density at radius 3 is 2.57 bits per heavy atom. The van der Waals surface area contributed by atoms with Gasteiger partial charge in [0.15, 0.2) is 0 Å². The summed E-state index contributed by atoms with van der Waals surface area (Å²) in [4.78, 5) is 14.1. The summed E-state index contributed by atoms with van der Waals surface area (Å²) >= 11 is 3.40. The number of nitrogens with one attached hydrogen (secondary N) is 1. The van der Waals surface area contributed by atoms with Gasteiger partial charge in [-0.2, -0.15) is 0 Å². The number of hydrogen-bond donors (Lipinski definition) is 1. The molecule has 2 rings (SSSR count). The first-order chi connectivity index (χ1) is 10.7. The summed E-state index contributed by atoms with van der Waals surface area (Å²) in [5.41, 5.74) is 0. The van der Waals surface area contributed by atoms with E-state index in [9.17, 15) is 4.79 Å². The maximum atomic E-state index is 12.2. The fourth-order valence-electron chi connectivity index (χ4n) is 2.67. The van der Waals surface area contributed by atoms with Gasteiger partial charge in [-0.1, -0.05) is 15.9 Å². The minimum Gasteiger partial charge on any atom is -0.494 e. The zero-order valence-electron chi connectivity index (χ0n) is 13.6. The predicted molar refractivity (Wildman–Crippen MR) is 99.4 cm³/mol. The van der Waals surface area contributed by atoms with E-state index in [4.69, 9.17) is 4.74 Å². The fourth-order valence-corrected chi connectivity index (χ4v) is 2.94. The van der Waals surface area contributed by atoms with Crippen LogP contribution in [0.15, 0.2) is 28.7 Å². The highest BCUT2D eigenvalue weighted by Gasteiger charge is 2.21. The predicted octanol–water partition coefficient (Wildman–Crippen LogP) is 3.63. The molecule has 4 nitrogen and oxygen atoms in total. The van der Waals surface area contributed by atoms with E-state index in [2.05, 4.69) is 21.2 Å². The second-order valence-electron chi connectivity index (χ2n) is 5.75. The van der Waals surface area contributed by atoms with Crippen molar-refractivity contribution < 1.29 is 9.53 Å². The van der Waals surface area contributed by atoms with Crippen LogP contribution in [-0.2, 0) is 4.79 Å². The lowest BCUT2D eigenvalue weighted by molar-refractivity contribution is -0.132. The summed E-state index contributed by atoms with van der Waals surface area (Å²) < 4.78 is 6.71. The van der Waals surface area contributed by atoms with Gasteiger partial charge in [0.2, 0.25) is 5.91 Å². The lowest BCUT2D eigenvalue weighted by atomic mass is 10.0. The van der Waals surface area contributed by atoms with E-state index < -0.39 is 0 Å². The van der Waals surface area contributed by atoms with Crippen molar-refractivity contribution >= 4 is 34.2 Å². The normalized spacial score (nSPS) is 14.9. The zero-order chi connectivity index (χ0) is 15.8. The lowest BCUT2D eigenvalue weighted by Gasteiger charge is -2.31. The van der Waals surface area contributed by atoms with Crippen molar-refractivity contribution in [2.45, 2.75) is 38.1 Å². The largest absolute Gasteiger partial charge is 0.494 e. The van der Waals surface area contributed by atoms with Crippen molar-refractivity contribution in [1.82, 2.24) is 10.2 Å². The Kier molecular flexibility index (Phi) is 9.60. The molecule has 0 atom stereocenters. The van der Waals surface area contributed by atoms with Crippen molar-refractivity contribution in [3.05, 3.63) is 28.7 Å². The highest BCUT2D eigenvalue weighted by molar-refractivity contribution is 9.10. The quantitative estimate of drug-likeness (QED) is 0.704. The number of rotatable bonds is 7. The summed E-state index contributed by atoms with van der Waals surface area (Å²) in [6.07, 6.45) is 4.53. The van der Waals surface area contributed by atoms with Gasteiger partial charge in [-0.25, -0.2) is 0 Å². The van der Waals surface area contributed by atoms with Crippen LogP contribution in [0.4, 0.5) is 0 Å². The minimum absolute atomic E-state index is 0. The summed E-state index contributed by atoms with van der Waals surface area (Å²) in [6, 6.07) is 8.23. The van der Waals surface area contributed by atoms with Gasteiger partial charge in [0.05, 0.1) is 6.61 Å². The number of hydrogen-bond acceptors (Lipinski definition) is 3. The summed E-state index contributed by atoms with van der Waals surface area (Å²) in [5, 5.41) is 3.33. The molecule has 1 N–H and O–H groups in total. The van der Waals surface area contributed by atoms with Gasteiger partial charge < -0.3 is 15.0 Å². The van der Waals surface area contributed by atoms with Gasteiger partial charge >= 0.3 is 0 Å². The van der Waals surface area contributed by atoms with E-state index in [-0.39, 0.29) is 18.3 Å². The molecule has 6 heteroatoms. The van der Waals surface area contributed by atoms with Gasteiger partial charge in [0.1, 0.15) is 5.75 Å². The molecule has 1 aliphatic heterocycles. The summed E-state index contributed by atoms with van der Waals surface area (Å²) in [6.45, 7) is 2.69. The molecule has 1 amide bonds. The molecule has 1 aliphatic rings. The maximum absolute atomic E-state index is 12.2. The first kappa shape index (κ1) is 20.3. The SMILES string of the molecule is CN(C(=O)CCCCOc1ccc(Br)cc1)C1CCNCC1.Cl. The molecule has 0 saturated carbocycles. The number of carbonyl (C=O) groups is 1. The van der Waals surface area contributed by atoms with E-state index in [1.165, 1.54) is 0 Å². The Morgan fingerprint density at radius 2 is 1.91 bits per heavy atom. The number of halogens is 2. The Bertz CT molecular complexity index is 464.